The molecule has 102 valence electrons. The minimum Gasteiger partial charge on any atom is -0.385 e. The number of nitrogens with one attached hydrogen (secondary N) is 2. The van der Waals surface area contributed by atoms with Gasteiger partial charge in [-0.1, -0.05) is 13.8 Å². The van der Waals surface area contributed by atoms with E-state index in [2.05, 4.69) is 34.4 Å². The molecular formula is C13H24N4O. The highest BCUT2D eigenvalue weighted by Crippen LogP contribution is 2.23. The van der Waals surface area contributed by atoms with Gasteiger partial charge in [0.1, 0.15) is 18.0 Å². The number of aromatic nitrogens is 2. The van der Waals surface area contributed by atoms with Crippen LogP contribution in [0.25, 0.3) is 0 Å². The second-order valence-electron chi connectivity index (χ2n) is 5.21. The third-order valence-electron chi connectivity index (χ3n) is 3.04. The van der Waals surface area contributed by atoms with E-state index in [0.29, 0.717) is 0 Å². The van der Waals surface area contributed by atoms with Gasteiger partial charge in [0.2, 0.25) is 0 Å². The van der Waals surface area contributed by atoms with Gasteiger partial charge in [-0.25, -0.2) is 9.97 Å². The van der Waals surface area contributed by atoms with Crippen LogP contribution in [0.2, 0.25) is 0 Å². The summed E-state index contributed by atoms with van der Waals surface area (Å²) < 4.78 is 5.13. The van der Waals surface area contributed by atoms with Crippen LogP contribution < -0.4 is 10.6 Å². The van der Waals surface area contributed by atoms with Crippen molar-refractivity contribution in [3.63, 3.8) is 0 Å². The van der Waals surface area contributed by atoms with Crippen LogP contribution >= 0.6 is 0 Å². The minimum atomic E-state index is 0.174. The normalized spacial score (nSPS) is 11.4. The molecule has 0 aliphatic carbocycles. The standard InChI is InChI=1S/C13H24N4O/c1-10-11(14-4)16-9-17-12(10)15-8-13(2,3)6-7-18-5/h9H,6-8H2,1-5H3,(H2,14,15,16,17). The average molecular weight is 252 g/mol. The van der Waals surface area contributed by atoms with Gasteiger partial charge >= 0.3 is 0 Å². The lowest BCUT2D eigenvalue weighted by Gasteiger charge is -2.25. The maximum Gasteiger partial charge on any atom is 0.134 e. The number of methoxy groups -OCH3 is 1. The van der Waals surface area contributed by atoms with Crippen LogP contribution in [0, 0.1) is 12.3 Å². The van der Waals surface area contributed by atoms with E-state index in [1.54, 1.807) is 13.4 Å². The van der Waals surface area contributed by atoms with Crippen molar-refractivity contribution < 1.29 is 4.74 Å². The Hall–Kier alpha value is -1.36. The predicted molar refractivity (Wildman–Crippen MR) is 75.1 cm³/mol. The van der Waals surface area contributed by atoms with Gasteiger partial charge in [0.25, 0.3) is 0 Å². The zero-order valence-electron chi connectivity index (χ0n) is 12.0. The first-order valence-corrected chi connectivity index (χ1v) is 6.22. The van der Waals surface area contributed by atoms with Gasteiger partial charge in [0.15, 0.2) is 0 Å². The average Bonchev–Trinajstić information content (AvgIpc) is 2.35. The molecule has 0 unspecified atom stereocenters. The van der Waals surface area contributed by atoms with Crippen LogP contribution in [0.5, 0.6) is 0 Å². The molecular weight excluding hydrogens is 228 g/mol. The summed E-state index contributed by atoms with van der Waals surface area (Å²) in [6, 6.07) is 0. The smallest absolute Gasteiger partial charge is 0.134 e. The highest BCUT2D eigenvalue weighted by atomic mass is 16.5. The Morgan fingerprint density at radius 2 is 1.94 bits per heavy atom. The van der Waals surface area contributed by atoms with Crippen molar-refractivity contribution in [2.75, 3.05) is 37.9 Å². The molecule has 0 aliphatic rings. The van der Waals surface area contributed by atoms with E-state index in [4.69, 9.17) is 4.74 Å². The monoisotopic (exact) mass is 252 g/mol. The molecule has 5 nitrogen and oxygen atoms in total. The van der Waals surface area contributed by atoms with Gasteiger partial charge in [-0.2, -0.15) is 0 Å². The number of hydrogen-bond donors (Lipinski definition) is 2. The van der Waals surface area contributed by atoms with Gasteiger partial charge in [-0.15, -0.1) is 0 Å². The van der Waals surface area contributed by atoms with E-state index in [1.807, 2.05) is 14.0 Å². The van der Waals surface area contributed by atoms with Crippen molar-refractivity contribution in [1.29, 1.82) is 0 Å². The largest absolute Gasteiger partial charge is 0.385 e. The fourth-order valence-corrected chi connectivity index (χ4v) is 1.67. The Bertz CT molecular complexity index is 379. The molecule has 0 amide bonds. The molecule has 2 N–H and O–H groups in total. The second kappa shape index (κ2) is 6.54. The number of anilines is 2. The number of ether oxygens (including phenoxy) is 1. The Morgan fingerprint density at radius 1 is 1.28 bits per heavy atom. The van der Waals surface area contributed by atoms with E-state index < -0.39 is 0 Å². The summed E-state index contributed by atoms with van der Waals surface area (Å²) in [5, 5.41) is 6.45. The van der Waals surface area contributed by atoms with E-state index in [0.717, 1.165) is 36.8 Å². The summed E-state index contributed by atoms with van der Waals surface area (Å²) in [6.45, 7) is 8.08. The fourth-order valence-electron chi connectivity index (χ4n) is 1.67. The summed E-state index contributed by atoms with van der Waals surface area (Å²) in [5.74, 6) is 1.75. The molecule has 0 saturated carbocycles. The molecule has 0 saturated heterocycles. The second-order valence-corrected chi connectivity index (χ2v) is 5.21. The van der Waals surface area contributed by atoms with Crippen molar-refractivity contribution in [3.05, 3.63) is 11.9 Å². The zero-order valence-corrected chi connectivity index (χ0v) is 12.0. The van der Waals surface area contributed by atoms with E-state index >= 15 is 0 Å². The molecule has 0 atom stereocenters. The summed E-state index contributed by atoms with van der Waals surface area (Å²) in [5.41, 5.74) is 1.22. The molecule has 0 spiro atoms. The number of hydrogen-bond acceptors (Lipinski definition) is 5. The summed E-state index contributed by atoms with van der Waals surface area (Å²) in [4.78, 5) is 8.45. The first kappa shape index (κ1) is 14.7. The van der Waals surface area contributed by atoms with Gasteiger partial charge < -0.3 is 15.4 Å². The first-order valence-electron chi connectivity index (χ1n) is 6.22. The Balaban J connectivity index is 2.63. The van der Waals surface area contributed by atoms with Crippen LogP contribution in [0.4, 0.5) is 11.6 Å². The molecule has 5 heteroatoms. The molecule has 1 heterocycles. The molecule has 0 aliphatic heterocycles. The van der Waals surface area contributed by atoms with Crippen molar-refractivity contribution in [1.82, 2.24) is 9.97 Å². The Labute approximate surface area is 109 Å². The topological polar surface area (TPSA) is 59.1 Å². The van der Waals surface area contributed by atoms with E-state index in [1.165, 1.54) is 0 Å². The lowest BCUT2D eigenvalue weighted by molar-refractivity contribution is 0.157. The van der Waals surface area contributed by atoms with Gasteiger partial charge in [0, 0.05) is 32.9 Å². The first-order chi connectivity index (χ1) is 8.50. The van der Waals surface area contributed by atoms with E-state index in [9.17, 15) is 0 Å². The van der Waals surface area contributed by atoms with Crippen LogP contribution in [-0.4, -0.2) is 37.3 Å². The lowest BCUT2D eigenvalue weighted by Crippen LogP contribution is -2.25. The van der Waals surface area contributed by atoms with Crippen LogP contribution in [0.1, 0.15) is 25.8 Å². The van der Waals surface area contributed by atoms with Crippen LogP contribution in [0.3, 0.4) is 0 Å². The highest BCUT2D eigenvalue weighted by molar-refractivity contribution is 5.56. The molecule has 0 bridgehead atoms. The van der Waals surface area contributed by atoms with Crippen LogP contribution in [-0.2, 0) is 4.74 Å². The fraction of sp³-hybridized carbons (Fsp3) is 0.692. The van der Waals surface area contributed by atoms with Crippen LogP contribution in [0.15, 0.2) is 6.33 Å². The SMILES string of the molecule is CNc1ncnc(NCC(C)(C)CCOC)c1C. The quantitative estimate of drug-likeness (QED) is 0.780. The summed E-state index contributed by atoms with van der Waals surface area (Å²) in [7, 11) is 3.60. The maximum absolute atomic E-state index is 5.13. The lowest BCUT2D eigenvalue weighted by atomic mass is 9.90. The highest BCUT2D eigenvalue weighted by Gasteiger charge is 2.18. The van der Waals surface area contributed by atoms with Crippen molar-refractivity contribution in [2.45, 2.75) is 27.2 Å². The molecule has 1 aromatic rings. The van der Waals surface area contributed by atoms with Crippen molar-refractivity contribution in [3.8, 4) is 0 Å². The summed E-state index contributed by atoms with van der Waals surface area (Å²) >= 11 is 0. The van der Waals surface area contributed by atoms with Crippen molar-refractivity contribution in [2.24, 2.45) is 5.41 Å². The van der Waals surface area contributed by atoms with Gasteiger partial charge in [0.05, 0.1) is 0 Å². The Kier molecular flexibility index (Phi) is 5.34. The molecule has 0 aromatic carbocycles. The molecule has 1 rings (SSSR count). The molecule has 1 aromatic heterocycles. The number of rotatable bonds is 7. The van der Waals surface area contributed by atoms with Crippen molar-refractivity contribution >= 4 is 11.6 Å². The minimum absolute atomic E-state index is 0.174. The third kappa shape index (κ3) is 4.14. The maximum atomic E-state index is 5.13. The zero-order chi connectivity index (χ0) is 13.6. The third-order valence-corrected chi connectivity index (χ3v) is 3.04. The number of nitrogens with zero attached hydrogens (tertiary/aromatic N) is 2. The molecule has 0 fully saturated rings. The van der Waals surface area contributed by atoms with Gasteiger partial charge in [-0.3, -0.25) is 0 Å². The Morgan fingerprint density at radius 3 is 2.56 bits per heavy atom. The van der Waals surface area contributed by atoms with Gasteiger partial charge in [-0.05, 0) is 18.8 Å². The predicted octanol–water partition coefficient (Wildman–Crippen LogP) is 2.30. The molecule has 0 radical (unpaired) electrons. The summed E-state index contributed by atoms with van der Waals surface area (Å²) in [6.07, 6.45) is 2.59. The van der Waals surface area contributed by atoms with E-state index in [-0.39, 0.29) is 5.41 Å². The molecule has 18 heavy (non-hydrogen) atoms.